The molecule has 1 fully saturated rings. The molecule has 0 bridgehead atoms. The molecule has 0 amide bonds. The smallest absolute Gasteiger partial charge is 0.121 e. The third kappa shape index (κ3) is 2.49. The molecule has 0 spiro atoms. The summed E-state index contributed by atoms with van der Waals surface area (Å²) in [5.41, 5.74) is 2.15. The fourth-order valence-corrected chi connectivity index (χ4v) is 2.11. The molecule has 1 aromatic rings. The third-order valence-corrected chi connectivity index (χ3v) is 3.35. The third-order valence-electron chi connectivity index (χ3n) is 3.35. The van der Waals surface area contributed by atoms with Crippen molar-refractivity contribution in [2.24, 2.45) is 5.41 Å². The van der Waals surface area contributed by atoms with Crippen molar-refractivity contribution in [1.82, 2.24) is 0 Å². The molecule has 0 saturated carbocycles. The molecule has 0 atom stereocenters. The summed E-state index contributed by atoms with van der Waals surface area (Å²) in [6.45, 7) is 8.30. The zero-order chi connectivity index (χ0) is 13.2. The van der Waals surface area contributed by atoms with Crippen LogP contribution in [-0.4, -0.2) is 19.8 Å². The van der Waals surface area contributed by atoms with Crippen molar-refractivity contribution < 1.29 is 4.74 Å². The Bertz CT molecular complexity index is 464. The van der Waals surface area contributed by atoms with Crippen LogP contribution in [0.4, 0.5) is 5.69 Å². The monoisotopic (exact) mass is 244 g/mol. The predicted molar refractivity (Wildman–Crippen MR) is 72.5 cm³/mol. The van der Waals surface area contributed by atoms with Crippen LogP contribution >= 0.6 is 0 Å². The maximum Gasteiger partial charge on any atom is 0.121 e. The highest BCUT2D eigenvalue weighted by Gasteiger charge is 2.39. The predicted octanol–water partition coefficient (Wildman–Crippen LogP) is 2.94. The number of para-hydroxylation sites is 1. The Labute approximate surface area is 109 Å². The number of hydrogen-bond donors (Lipinski definition) is 1. The highest BCUT2D eigenvalue weighted by molar-refractivity contribution is 5.54. The number of nitriles is 1. The molecule has 0 radical (unpaired) electrons. The van der Waals surface area contributed by atoms with Gasteiger partial charge in [-0.3, -0.25) is 0 Å². The summed E-state index contributed by atoms with van der Waals surface area (Å²) >= 11 is 0. The van der Waals surface area contributed by atoms with Gasteiger partial charge in [-0.25, -0.2) is 0 Å². The van der Waals surface area contributed by atoms with Crippen molar-refractivity contribution in [1.29, 1.82) is 5.26 Å². The topological polar surface area (TPSA) is 45.0 Å². The van der Waals surface area contributed by atoms with Crippen molar-refractivity contribution in [2.45, 2.75) is 26.2 Å². The average Bonchev–Trinajstić information content (AvgIpc) is 2.27. The van der Waals surface area contributed by atoms with E-state index in [-0.39, 0.29) is 10.8 Å². The highest BCUT2D eigenvalue weighted by atomic mass is 16.5. The number of nitrogens with zero attached hydrogens (tertiary/aromatic N) is 1. The van der Waals surface area contributed by atoms with E-state index in [1.165, 1.54) is 5.56 Å². The number of anilines is 1. The summed E-state index contributed by atoms with van der Waals surface area (Å²) in [4.78, 5) is 0. The lowest BCUT2D eigenvalue weighted by Crippen LogP contribution is -2.46. The number of benzene rings is 1. The molecule has 0 unspecified atom stereocenters. The van der Waals surface area contributed by atoms with E-state index in [1.807, 2.05) is 6.07 Å². The van der Waals surface area contributed by atoms with Gasteiger partial charge in [-0.05, 0) is 17.0 Å². The van der Waals surface area contributed by atoms with Gasteiger partial charge in [0.1, 0.15) is 5.41 Å². The van der Waals surface area contributed by atoms with Crippen molar-refractivity contribution >= 4 is 5.69 Å². The molecular weight excluding hydrogens is 224 g/mol. The number of ether oxygens (including phenoxy) is 1. The number of nitrogens with one attached hydrogen (secondary N) is 1. The first-order valence-corrected chi connectivity index (χ1v) is 6.29. The Hall–Kier alpha value is -1.53. The lowest BCUT2D eigenvalue weighted by molar-refractivity contribution is -0.0690. The minimum atomic E-state index is -0.342. The number of rotatable bonds is 3. The summed E-state index contributed by atoms with van der Waals surface area (Å²) in [5, 5.41) is 12.6. The summed E-state index contributed by atoms with van der Waals surface area (Å²) in [6, 6.07) is 10.6. The molecule has 1 aliphatic heterocycles. The first-order valence-electron chi connectivity index (χ1n) is 6.29. The van der Waals surface area contributed by atoms with Crippen LogP contribution in [0.3, 0.4) is 0 Å². The second-order valence-electron chi connectivity index (χ2n) is 6.03. The Balaban J connectivity index is 2.13. The first-order chi connectivity index (χ1) is 8.47. The quantitative estimate of drug-likeness (QED) is 0.889. The second-order valence-corrected chi connectivity index (χ2v) is 6.03. The first kappa shape index (κ1) is 12.9. The normalized spacial score (nSPS) is 17.7. The zero-order valence-corrected chi connectivity index (χ0v) is 11.3. The summed E-state index contributed by atoms with van der Waals surface area (Å²) in [7, 11) is 0. The van der Waals surface area contributed by atoms with Gasteiger partial charge in [-0.15, -0.1) is 0 Å². The molecule has 1 N–H and O–H groups in total. The molecule has 3 heteroatoms. The maximum atomic E-state index is 9.17. The molecule has 1 saturated heterocycles. The molecule has 0 aliphatic carbocycles. The van der Waals surface area contributed by atoms with Crippen LogP contribution in [0, 0.1) is 16.7 Å². The Kier molecular flexibility index (Phi) is 3.32. The SMILES string of the molecule is CC(C)(C)c1ccccc1NCC1(C#N)COC1. The van der Waals surface area contributed by atoms with E-state index < -0.39 is 0 Å². The molecule has 2 rings (SSSR count). The molecule has 3 nitrogen and oxygen atoms in total. The fraction of sp³-hybridized carbons (Fsp3) is 0.533. The standard InChI is InChI=1S/C15H20N2O/c1-14(2,3)12-6-4-5-7-13(12)17-9-15(8-16)10-18-11-15/h4-7,17H,9-11H2,1-3H3. The van der Waals surface area contributed by atoms with Crippen molar-refractivity contribution in [3.8, 4) is 6.07 Å². The molecule has 18 heavy (non-hydrogen) atoms. The molecule has 96 valence electrons. The average molecular weight is 244 g/mol. The number of hydrogen-bond acceptors (Lipinski definition) is 3. The Morgan fingerprint density at radius 3 is 2.50 bits per heavy atom. The zero-order valence-electron chi connectivity index (χ0n) is 11.3. The lowest BCUT2D eigenvalue weighted by Gasteiger charge is -2.36. The van der Waals surface area contributed by atoms with E-state index in [1.54, 1.807) is 0 Å². The van der Waals surface area contributed by atoms with Gasteiger partial charge in [0.2, 0.25) is 0 Å². The van der Waals surface area contributed by atoms with E-state index in [2.05, 4.69) is 50.4 Å². The molecule has 0 aromatic heterocycles. The molecule has 1 heterocycles. The van der Waals surface area contributed by atoms with Crippen LogP contribution in [-0.2, 0) is 10.2 Å². The van der Waals surface area contributed by atoms with Gasteiger partial charge in [0.15, 0.2) is 0 Å². The highest BCUT2D eigenvalue weighted by Crippen LogP contribution is 2.31. The van der Waals surface area contributed by atoms with E-state index in [0.717, 1.165) is 5.69 Å². The van der Waals surface area contributed by atoms with Gasteiger partial charge in [0, 0.05) is 12.2 Å². The largest absolute Gasteiger partial charge is 0.383 e. The lowest BCUT2D eigenvalue weighted by atomic mass is 9.84. The maximum absolute atomic E-state index is 9.17. The van der Waals surface area contributed by atoms with Crippen LogP contribution < -0.4 is 5.32 Å². The van der Waals surface area contributed by atoms with Crippen LogP contribution in [0.1, 0.15) is 26.3 Å². The summed E-state index contributed by atoms with van der Waals surface area (Å²) in [6.07, 6.45) is 0. The Morgan fingerprint density at radius 1 is 1.33 bits per heavy atom. The summed E-state index contributed by atoms with van der Waals surface area (Å²) < 4.78 is 5.15. The van der Waals surface area contributed by atoms with Gasteiger partial charge >= 0.3 is 0 Å². The van der Waals surface area contributed by atoms with Crippen LogP contribution in [0.25, 0.3) is 0 Å². The Morgan fingerprint density at radius 2 is 2.00 bits per heavy atom. The fourth-order valence-electron chi connectivity index (χ4n) is 2.11. The van der Waals surface area contributed by atoms with E-state index in [0.29, 0.717) is 19.8 Å². The van der Waals surface area contributed by atoms with Crippen molar-refractivity contribution in [3.63, 3.8) is 0 Å². The van der Waals surface area contributed by atoms with Gasteiger partial charge in [-0.2, -0.15) is 5.26 Å². The van der Waals surface area contributed by atoms with Crippen molar-refractivity contribution in [3.05, 3.63) is 29.8 Å². The van der Waals surface area contributed by atoms with Crippen LogP contribution in [0.15, 0.2) is 24.3 Å². The van der Waals surface area contributed by atoms with Gasteiger partial charge in [0.05, 0.1) is 19.3 Å². The van der Waals surface area contributed by atoms with Gasteiger partial charge in [0.25, 0.3) is 0 Å². The van der Waals surface area contributed by atoms with Crippen LogP contribution in [0.2, 0.25) is 0 Å². The van der Waals surface area contributed by atoms with E-state index >= 15 is 0 Å². The summed E-state index contributed by atoms with van der Waals surface area (Å²) in [5.74, 6) is 0. The van der Waals surface area contributed by atoms with E-state index in [9.17, 15) is 5.26 Å². The molecule has 1 aromatic carbocycles. The minimum Gasteiger partial charge on any atom is -0.383 e. The molecular formula is C15H20N2O. The van der Waals surface area contributed by atoms with Crippen molar-refractivity contribution in [2.75, 3.05) is 25.1 Å². The second kappa shape index (κ2) is 4.62. The minimum absolute atomic E-state index is 0.0967. The van der Waals surface area contributed by atoms with Gasteiger partial charge in [-0.1, -0.05) is 39.0 Å². The van der Waals surface area contributed by atoms with E-state index in [4.69, 9.17) is 4.74 Å². The van der Waals surface area contributed by atoms with Gasteiger partial charge < -0.3 is 10.1 Å². The van der Waals surface area contributed by atoms with Crippen LogP contribution in [0.5, 0.6) is 0 Å². The molecule has 1 aliphatic rings.